The Hall–Kier alpha value is -0.240. The van der Waals surface area contributed by atoms with E-state index in [0.717, 1.165) is 18.1 Å². The monoisotopic (exact) mass is 217 g/mol. The van der Waals surface area contributed by atoms with Gasteiger partial charge in [-0.05, 0) is 30.5 Å². The highest BCUT2D eigenvalue weighted by Crippen LogP contribution is 2.28. The van der Waals surface area contributed by atoms with E-state index in [4.69, 9.17) is 11.6 Å². The smallest absolute Gasteiger partial charge is 0.0441 e. The second kappa shape index (κ2) is 4.85. The summed E-state index contributed by atoms with van der Waals surface area (Å²) >= 11 is 6.08. The van der Waals surface area contributed by atoms with E-state index in [-0.39, 0.29) is 12.4 Å². The van der Waals surface area contributed by atoms with Crippen LogP contribution in [0.5, 0.6) is 0 Å². The topological polar surface area (TPSA) is 12.0 Å². The highest BCUT2D eigenvalue weighted by molar-refractivity contribution is 6.31. The molecule has 1 aromatic rings. The molecule has 1 aliphatic rings. The summed E-state index contributed by atoms with van der Waals surface area (Å²) in [6, 6.07) is 8.13. The molecule has 2 rings (SSSR count). The van der Waals surface area contributed by atoms with Gasteiger partial charge in [0, 0.05) is 11.6 Å². The number of halogens is 2. The Bertz CT molecular complexity index is 269. The fourth-order valence-electron chi connectivity index (χ4n) is 1.73. The highest BCUT2D eigenvalue weighted by Gasteiger charge is 2.17. The summed E-state index contributed by atoms with van der Waals surface area (Å²) in [5, 5.41) is 4.25. The zero-order valence-electron chi connectivity index (χ0n) is 7.29. The highest BCUT2D eigenvalue weighted by atomic mass is 35.5. The normalized spacial score (nSPS) is 21.2. The van der Waals surface area contributed by atoms with Gasteiger partial charge in [-0.25, -0.2) is 0 Å². The second-order valence-corrected chi connectivity index (χ2v) is 3.62. The van der Waals surface area contributed by atoms with Gasteiger partial charge in [0.1, 0.15) is 0 Å². The molecular weight excluding hydrogens is 205 g/mol. The van der Waals surface area contributed by atoms with Gasteiger partial charge in [0.2, 0.25) is 0 Å². The SMILES string of the molecule is Cl.Clc1ccccc1[C@H]1CCNC1. The summed E-state index contributed by atoms with van der Waals surface area (Å²) in [6.45, 7) is 2.19. The van der Waals surface area contributed by atoms with Crippen molar-refractivity contribution >= 4 is 24.0 Å². The molecule has 0 bridgehead atoms. The minimum Gasteiger partial charge on any atom is -0.316 e. The van der Waals surface area contributed by atoms with Crippen LogP contribution in [0.3, 0.4) is 0 Å². The molecule has 0 aliphatic carbocycles. The summed E-state index contributed by atoms with van der Waals surface area (Å²) in [5.74, 6) is 0.624. The molecule has 3 heteroatoms. The van der Waals surface area contributed by atoms with E-state index in [2.05, 4.69) is 17.4 Å². The van der Waals surface area contributed by atoms with Gasteiger partial charge in [-0.1, -0.05) is 29.8 Å². The number of rotatable bonds is 1. The lowest BCUT2D eigenvalue weighted by Gasteiger charge is -2.09. The van der Waals surface area contributed by atoms with Gasteiger partial charge in [0.25, 0.3) is 0 Å². The van der Waals surface area contributed by atoms with Gasteiger partial charge in [0.05, 0.1) is 0 Å². The van der Waals surface area contributed by atoms with Gasteiger partial charge in [-0.3, -0.25) is 0 Å². The third-order valence-electron chi connectivity index (χ3n) is 2.41. The van der Waals surface area contributed by atoms with E-state index in [1.54, 1.807) is 0 Å². The Kier molecular flexibility index (Phi) is 4.04. The van der Waals surface area contributed by atoms with Crippen LogP contribution in [-0.4, -0.2) is 13.1 Å². The first-order chi connectivity index (χ1) is 5.88. The van der Waals surface area contributed by atoms with E-state index < -0.39 is 0 Å². The molecule has 0 aromatic heterocycles. The Balaban J connectivity index is 0.000000845. The molecule has 1 N–H and O–H groups in total. The van der Waals surface area contributed by atoms with Crippen LogP contribution in [-0.2, 0) is 0 Å². The minimum atomic E-state index is 0. The maximum Gasteiger partial charge on any atom is 0.0441 e. The second-order valence-electron chi connectivity index (χ2n) is 3.21. The predicted octanol–water partition coefficient (Wildman–Crippen LogP) is 2.84. The van der Waals surface area contributed by atoms with Crippen molar-refractivity contribution in [1.82, 2.24) is 5.32 Å². The summed E-state index contributed by atoms with van der Waals surface area (Å²) in [7, 11) is 0. The molecule has 1 aromatic carbocycles. The minimum absolute atomic E-state index is 0. The van der Waals surface area contributed by atoms with E-state index in [0.29, 0.717) is 5.92 Å². The molecule has 1 heterocycles. The van der Waals surface area contributed by atoms with Crippen molar-refractivity contribution in [3.05, 3.63) is 34.9 Å². The molecule has 1 aliphatic heterocycles. The third kappa shape index (κ3) is 2.37. The number of benzene rings is 1. The Morgan fingerprint density at radius 3 is 2.69 bits per heavy atom. The summed E-state index contributed by atoms with van der Waals surface area (Å²) in [4.78, 5) is 0. The van der Waals surface area contributed by atoms with Crippen LogP contribution in [0.1, 0.15) is 17.9 Å². The van der Waals surface area contributed by atoms with Crippen LogP contribution < -0.4 is 5.32 Å². The molecule has 0 spiro atoms. The standard InChI is InChI=1S/C10H12ClN.ClH/c11-10-4-2-1-3-9(10)8-5-6-12-7-8;/h1-4,8,12H,5-7H2;1H/t8-;/m0./s1. The Morgan fingerprint density at radius 1 is 1.31 bits per heavy atom. The van der Waals surface area contributed by atoms with Gasteiger partial charge in [-0.2, -0.15) is 0 Å². The lowest BCUT2D eigenvalue weighted by atomic mass is 9.99. The first kappa shape index (κ1) is 10.8. The van der Waals surface area contributed by atoms with Crippen molar-refractivity contribution in [1.29, 1.82) is 0 Å². The summed E-state index contributed by atoms with van der Waals surface area (Å²) < 4.78 is 0. The molecule has 1 nitrogen and oxygen atoms in total. The lowest BCUT2D eigenvalue weighted by molar-refractivity contribution is 0.764. The fourth-order valence-corrected chi connectivity index (χ4v) is 2.02. The van der Waals surface area contributed by atoms with Gasteiger partial charge >= 0.3 is 0 Å². The van der Waals surface area contributed by atoms with Crippen LogP contribution in [0.15, 0.2) is 24.3 Å². The average Bonchev–Trinajstić information content (AvgIpc) is 2.57. The van der Waals surface area contributed by atoms with Crippen molar-refractivity contribution in [2.45, 2.75) is 12.3 Å². The quantitative estimate of drug-likeness (QED) is 0.764. The van der Waals surface area contributed by atoms with E-state index in [1.165, 1.54) is 12.0 Å². The molecule has 72 valence electrons. The molecule has 0 saturated carbocycles. The summed E-state index contributed by atoms with van der Waals surface area (Å²) in [6.07, 6.45) is 1.21. The molecule has 0 radical (unpaired) electrons. The van der Waals surface area contributed by atoms with Gasteiger partial charge in [-0.15, -0.1) is 12.4 Å². The zero-order valence-corrected chi connectivity index (χ0v) is 8.87. The van der Waals surface area contributed by atoms with Crippen LogP contribution in [0.4, 0.5) is 0 Å². The van der Waals surface area contributed by atoms with Crippen LogP contribution >= 0.6 is 24.0 Å². The largest absolute Gasteiger partial charge is 0.316 e. The van der Waals surface area contributed by atoms with Crippen LogP contribution in [0.25, 0.3) is 0 Å². The summed E-state index contributed by atoms with van der Waals surface area (Å²) in [5.41, 5.74) is 1.30. The first-order valence-electron chi connectivity index (χ1n) is 4.33. The average molecular weight is 218 g/mol. The third-order valence-corrected chi connectivity index (χ3v) is 2.75. The fraction of sp³-hybridized carbons (Fsp3) is 0.400. The molecule has 0 unspecified atom stereocenters. The maximum atomic E-state index is 6.08. The lowest BCUT2D eigenvalue weighted by Crippen LogP contribution is -2.08. The maximum absolute atomic E-state index is 6.08. The van der Waals surface area contributed by atoms with E-state index in [1.807, 2.05) is 12.1 Å². The number of hydrogen-bond acceptors (Lipinski definition) is 1. The Morgan fingerprint density at radius 2 is 2.08 bits per heavy atom. The van der Waals surface area contributed by atoms with Crippen molar-refractivity contribution in [3.8, 4) is 0 Å². The van der Waals surface area contributed by atoms with Gasteiger partial charge < -0.3 is 5.32 Å². The van der Waals surface area contributed by atoms with Crippen molar-refractivity contribution in [2.75, 3.05) is 13.1 Å². The van der Waals surface area contributed by atoms with E-state index in [9.17, 15) is 0 Å². The Labute approximate surface area is 89.9 Å². The number of nitrogens with one attached hydrogen (secondary N) is 1. The van der Waals surface area contributed by atoms with E-state index >= 15 is 0 Å². The molecule has 1 fully saturated rings. The molecule has 1 atom stereocenters. The number of hydrogen-bond donors (Lipinski definition) is 1. The van der Waals surface area contributed by atoms with Gasteiger partial charge in [0.15, 0.2) is 0 Å². The van der Waals surface area contributed by atoms with Crippen LogP contribution in [0.2, 0.25) is 5.02 Å². The molecule has 13 heavy (non-hydrogen) atoms. The van der Waals surface area contributed by atoms with Crippen molar-refractivity contribution < 1.29 is 0 Å². The van der Waals surface area contributed by atoms with Crippen LogP contribution in [0, 0.1) is 0 Å². The van der Waals surface area contributed by atoms with Crippen molar-refractivity contribution in [3.63, 3.8) is 0 Å². The first-order valence-corrected chi connectivity index (χ1v) is 4.71. The predicted molar refractivity (Wildman–Crippen MR) is 58.9 cm³/mol. The molecule has 0 amide bonds. The zero-order chi connectivity index (χ0) is 8.39. The molecule has 1 saturated heterocycles. The molecular formula is C10H13Cl2N. The van der Waals surface area contributed by atoms with Crippen molar-refractivity contribution in [2.24, 2.45) is 0 Å².